The summed E-state index contributed by atoms with van der Waals surface area (Å²) >= 11 is 10.5. The fourth-order valence-electron chi connectivity index (χ4n) is 2.81. The number of hydrogen-bond donors (Lipinski definition) is 0. The van der Waals surface area contributed by atoms with Crippen LogP contribution in [-0.4, -0.2) is 40.0 Å². The lowest BCUT2D eigenvalue weighted by Gasteiger charge is -2.18. The van der Waals surface area contributed by atoms with E-state index in [1.54, 1.807) is 30.3 Å². The van der Waals surface area contributed by atoms with Crippen LogP contribution in [0.2, 0.25) is 5.02 Å². The van der Waals surface area contributed by atoms with Crippen molar-refractivity contribution in [2.45, 2.75) is 15.9 Å². The van der Waals surface area contributed by atoms with Gasteiger partial charge in [-0.2, -0.15) is 4.31 Å². The van der Waals surface area contributed by atoms with E-state index in [1.807, 2.05) is 0 Å². The Morgan fingerprint density at radius 2 is 1.88 bits per heavy atom. The van der Waals surface area contributed by atoms with E-state index in [1.165, 1.54) is 10.4 Å². The third-order valence-corrected chi connectivity index (χ3v) is 10.5. The summed E-state index contributed by atoms with van der Waals surface area (Å²) in [4.78, 5) is 0. The number of benzene rings is 1. The van der Waals surface area contributed by atoms with Gasteiger partial charge in [0.1, 0.15) is 4.21 Å². The van der Waals surface area contributed by atoms with E-state index in [0.717, 1.165) is 11.3 Å². The van der Waals surface area contributed by atoms with Gasteiger partial charge in [0.05, 0.1) is 14.8 Å². The van der Waals surface area contributed by atoms with Crippen LogP contribution in [0.1, 0.15) is 17.2 Å². The monoisotopic (exact) mass is 483 g/mol. The average Bonchev–Trinajstić information content (AvgIpc) is 2.91. The van der Waals surface area contributed by atoms with Crippen LogP contribution in [0.5, 0.6) is 0 Å². The summed E-state index contributed by atoms with van der Waals surface area (Å²) in [6.45, 7) is 0.0775. The van der Waals surface area contributed by atoms with Gasteiger partial charge < -0.3 is 0 Å². The Labute approximate surface area is 164 Å². The molecule has 0 bridgehead atoms. The molecule has 0 N–H and O–H groups in total. The van der Waals surface area contributed by atoms with Gasteiger partial charge in [-0.05, 0) is 46.1 Å². The molecule has 10 heteroatoms. The predicted octanol–water partition coefficient (Wildman–Crippen LogP) is 3.71. The van der Waals surface area contributed by atoms with Crippen LogP contribution in [0.4, 0.5) is 0 Å². The highest BCUT2D eigenvalue weighted by molar-refractivity contribution is 9.11. The summed E-state index contributed by atoms with van der Waals surface area (Å²) in [6.07, 6.45) is 0.178. The third kappa shape index (κ3) is 3.96. The molecule has 0 radical (unpaired) electrons. The Balaban J connectivity index is 1.92. The summed E-state index contributed by atoms with van der Waals surface area (Å²) in [5.41, 5.74) is 0.530. The molecular formula is C15H15BrClNO4S3. The molecule has 1 atom stereocenters. The largest absolute Gasteiger partial charge is 0.252 e. The normalized spacial score (nSPS) is 21.8. The maximum absolute atomic E-state index is 12.8. The summed E-state index contributed by atoms with van der Waals surface area (Å²) < 4.78 is 53.1. The molecule has 1 aromatic carbocycles. The van der Waals surface area contributed by atoms with E-state index in [9.17, 15) is 16.8 Å². The van der Waals surface area contributed by atoms with Gasteiger partial charge in [-0.25, -0.2) is 16.8 Å². The van der Waals surface area contributed by atoms with Crippen molar-refractivity contribution in [3.05, 3.63) is 50.8 Å². The number of sulfone groups is 1. The SMILES string of the molecule is O=S1(=O)CCN(S(=O)(=O)c2ccc(Br)s2)CCC1c1ccccc1Cl. The van der Waals surface area contributed by atoms with E-state index < -0.39 is 25.1 Å². The number of sulfonamides is 1. The molecule has 1 fully saturated rings. The smallest absolute Gasteiger partial charge is 0.228 e. The second-order valence-electron chi connectivity index (χ2n) is 5.63. The molecule has 2 heterocycles. The van der Waals surface area contributed by atoms with Gasteiger partial charge in [0.15, 0.2) is 9.84 Å². The van der Waals surface area contributed by atoms with Crippen molar-refractivity contribution in [1.82, 2.24) is 4.31 Å². The molecule has 0 aliphatic carbocycles. The summed E-state index contributed by atoms with van der Waals surface area (Å²) in [5, 5.41) is -0.411. The van der Waals surface area contributed by atoms with Gasteiger partial charge in [0, 0.05) is 18.1 Å². The first-order chi connectivity index (χ1) is 11.7. The standard InChI is InChI=1S/C15H15BrClNO4S3/c16-14-5-6-15(23-14)25(21,22)18-8-7-13(24(19,20)10-9-18)11-3-1-2-4-12(11)17/h1-6,13H,7-10H2. The van der Waals surface area contributed by atoms with Crippen LogP contribution in [-0.2, 0) is 19.9 Å². The minimum absolute atomic E-state index is 0.0544. The fraction of sp³-hybridized carbons (Fsp3) is 0.333. The van der Waals surface area contributed by atoms with Crippen molar-refractivity contribution in [1.29, 1.82) is 0 Å². The second kappa shape index (κ2) is 7.28. The molecule has 5 nitrogen and oxygen atoms in total. The molecule has 1 unspecified atom stereocenters. The van der Waals surface area contributed by atoms with E-state index in [2.05, 4.69) is 15.9 Å². The van der Waals surface area contributed by atoms with Gasteiger partial charge in [-0.15, -0.1) is 11.3 Å². The second-order valence-corrected chi connectivity index (χ2v) is 13.0. The van der Waals surface area contributed by atoms with E-state index in [-0.39, 0.29) is 29.5 Å². The Morgan fingerprint density at radius 1 is 1.16 bits per heavy atom. The van der Waals surface area contributed by atoms with Gasteiger partial charge in [0.2, 0.25) is 0 Å². The van der Waals surface area contributed by atoms with Crippen LogP contribution >= 0.6 is 38.9 Å². The van der Waals surface area contributed by atoms with Gasteiger partial charge >= 0.3 is 0 Å². The van der Waals surface area contributed by atoms with Crippen molar-refractivity contribution in [3.8, 4) is 0 Å². The van der Waals surface area contributed by atoms with Crippen LogP contribution in [0.25, 0.3) is 0 Å². The molecule has 1 saturated heterocycles. The molecule has 1 aliphatic rings. The molecule has 136 valence electrons. The Kier molecular flexibility index (Phi) is 5.63. The minimum Gasteiger partial charge on any atom is -0.228 e. The molecular weight excluding hydrogens is 470 g/mol. The average molecular weight is 485 g/mol. The zero-order valence-electron chi connectivity index (χ0n) is 12.9. The zero-order valence-corrected chi connectivity index (χ0v) is 17.7. The first-order valence-electron chi connectivity index (χ1n) is 7.43. The highest BCUT2D eigenvalue weighted by Gasteiger charge is 2.36. The molecule has 25 heavy (non-hydrogen) atoms. The van der Waals surface area contributed by atoms with E-state index in [0.29, 0.717) is 14.4 Å². The van der Waals surface area contributed by atoms with Crippen molar-refractivity contribution in [2.75, 3.05) is 18.8 Å². The molecule has 3 rings (SSSR count). The van der Waals surface area contributed by atoms with Gasteiger partial charge in [-0.1, -0.05) is 29.8 Å². The topological polar surface area (TPSA) is 71.5 Å². The third-order valence-electron chi connectivity index (χ3n) is 4.09. The highest BCUT2D eigenvalue weighted by Crippen LogP contribution is 2.36. The van der Waals surface area contributed by atoms with Crippen molar-refractivity contribution in [2.24, 2.45) is 0 Å². The summed E-state index contributed by atoms with van der Waals surface area (Å²) in [7, 11) is -7.21. The lowest BCUT2D eigenvalue weighted by Crippen LogP contribution is -2.33. The quantitative estimate of drug-likeness (QED) is 0.666. The van der Waals surface area contributed by atoms with Crippen LogP contribution in [0.15, 0.2) is 44.4 Å². The number of rotatable bonds is 3. The fourth-order valence-corrected chi connectivity index (χ4v) is 8.70. The molecule has 0 amide bonds. The number of thiophene rings is 1. The molecule has 1 aromatic heterocycles. The Hall–Kier alpha value is -0.450. The lowest BCUT2D eigenvalue weighted by molar-refractivity contribution is 0.429. The van der Waals surface area contributed by atoms with E-state index >= 15 is 0 Å². The summed E-state index contributed by atoms with van der Waals surface area (Å²) in [6, 6.07) is 9.99. The van der Waals surface area contributed by atoms with Crippen molar-refractivity contribution in [3.63, 3.8) is 0 Å². The number of halogens is 2. The first kappa shape index (κ1) is 19.3. The number of nitrogens with zero attached hydrogens (tertiary/aromatic N) is 1. The number of hydrogen-bond acceptors (Lipinski definition) is 5. The predicted molar refractivity (Wildman–Crippen MR) is 103 cm³/mol. The van der Waals surface area contributed by atoms with Crippen LogP contribution in [0, 0.1) is 0 Å². The van der Waals surface area contributed by atoms with Crippen molar-refractivity contribution >= 4 is 58.7 Å². The lowest BCUT2D eigenvalue weighted by atomic mass is 10.1. The van der Waals surface area contributed by atoms with Crippen molar-refractivity contribution < 1.29 is 16.8 Å². The van der Waals surface area contributed by atoms with Gasteiger partial charge in [0.25, 0.3) is 10.0 Å². The molecule has 2 aromatic rings. The maximum Gasteiger partial charge on any atom is 0.252 e. The Bertz CT molecular complexity index is 988. The molecule has 0 spiro atoms. The summed E-state index contributed by atoms with van der Waals surface area (Å²) in [5.74, 6) is -0.228. The molecule has 1 aliphatic heterocycles. The highest BCUT2D eigenvalue weighted by atomic mass is 79.9. The van der Waals surface area contributed by atoms with Gasteiger partial charge in [-0.3, -0.25) is 0 Å². The van der Waals surface area contributed by atoms with E-state index in [4.69, 9.17) is 11.6 Å². The Morgan fingerprint density at radius 3 is 2.52 bits per heavy atom. The van der Waals surface area contributed by atoms with Crippen LogP contribution < -0.4 is 0 Å². The molecule has 0 saturated carbocycles. The van der Waals surface area contributed by atoms with Crippen LogP contribution in [0.3, 0.4) is 0 Å². The minimum atomic E-state index is -3.71. The zero-order chi connectivity index (χ0) is 18.2. The maximum atomic E-state index is 12.8. The first-order valence-corrected chi connectivity index (χ1v) is 12.6.